The topological polar surface area (TPSA) is 70.7 Å². The predicted octanol–water partition coefficient (Wildman–Crippen LogP) is 2.29. The van der Waals surface area contributed by atoms with E-state index in [0.29, 0.717) is 6.54 Å². The third-order valence-corrected chi connectivity index (χ3v) is 2.96. The first-order valence-corrected chi connectivity index (χ1v) is 6.62. The number of pyridine rings is 1. The summed E-state index contributed by atoms with van der Waals surface area (Å²) in [5, 5.41) is 2.78. The summed E-state index contributed by atoms with van der Waals surface area (Å²) in [5.41, 5.74) is 2.60. The monoisotopic (exact) mass is 278 g/mol. The van der Waals surface area contributed by atoms with Gasteiger partial charge in [-0.15, -0.1) is 0 Å². The van der Waals surface area contributed by atoms with E-state index in [4.69, 9.17) is 0 Å². The minimum atomic E-state index is -0.180. The van der Waals surface area contributed by atoms with E-state index in [9.17, 15) is 4.79 Å². The number of H-pyrrole nitrogens is 1. The van der Waals surface area contributed by atoms with Gasteiger partial charge in [0.15, 0.2) is 0 Å². The molecule has 21 heavy (non-hydrogen) atoms. The van der Waals surface area contributed by atoms with Crippen molar-refractivity contribution in [3.63, 3.8) is 0 Å². The molecule has 5 heteroatoms. The van der Waals surface area contributed by atoms with Gasteiger partial charge in [0.05, 0.1) is 23.3 Å². The molecule has 0 aliphatic carbocycles. The number of amides is 1. The molecule has 3 rings (SSSR count). The lowest BCUT2D eigenvalue weighted by Gasteiger charge is -1.98. The minimum absolute atomic E-state index is 0.180. The first kappa shape index (κ1) is 13.1. The van der Waals surface area contributed by atoms with Crippen LogP contribution in [0.5, 0.6) is 0 Å². The molecular weight excluding hydrogens is 264 g/mol. The normalized spacial score (nSPS) is 11.0. The second-order valence-corrected chi connectivity index (χ2v) is 4.51. The fourth-order valence-corrected chi connectivity index (χ4v) is 1.95. The number of nitrogens with zero attached hydrogens (tertiary/aromatic N) is 2. The molecule has 5 nitrogen and oxygen atoms in total. The van der Waals surface area contributed by atoms with Crippen molar-refractivity contribution >= 4 is 23.0 Å². The first-order chi connectivity index (χ1) is 10.3. The first-order valence-electron chi connectivity index (χ1n) is 6.62. The Morgan fingerprint density at radius 1 is 1.19 bits per heavy atom. The molecule has 2 aromatic heterocycles. The number of aromatic nitrogens is 3. The number of nitrogens with one attached hydrogen (secondary N) is 2. The van der Waals surface area contributed by atoms with Crippen LogP contribution in [-0.4, -0.2) is 20.9 Å². The fourth-order valence-electron chi connectivity index (χ4n) is 1.95. The number of benzene rings is 1. The number of imidazole rings is 1. The Hall–Kier alpha value is -2.95. The summed E-state index contributed by atoms with van der Waals surface area (Å²) in [7, 11) is 0. The summed E-state index contributed by atoms with van der Waals surface area (Å²) in [6.07, 6.45) is 4.82. The van der Waals surface area contributed by atoms with Crippen molar-refractivity contribution in [3.8, 4) is 0 Å². The van der Waals surface area contributed by atoms with Gasteiger partial charge in [-0.3, -0.25) is 9.78 Å². The number of fused-ring (bicyclic) bond motifs is 1. The Morgan fingerprint density at radius 3 is 2.86 bits per heavy atom. The van der Waals surface area contributed by atoms with Gasteiger partial charge in [-0.05, 0) is 30.3 Å². The highest BCUT2D eigenvalue weighted by atomic mass is 16.1. The van der Waals surface area contributed by atoms with Crippen LogP contribution in [0.15, 0.2) is 54.7 Å². The highest BCUT2D eigenvalue weighted by Crippen LogP contribution is 2.09. The summed E-state index contributed by atoms with van der Waals surface area (Å²) in [4.78, 5) is 23.4. The van der Waals surface area contributed by atoms with Gasteiger partial charge in [-0.1, -0.05) is 18.2 Å². The fraction of sp³-hybridized carbons (Fsp3) is 0.0625. The van der Waals surface area contributed by atoms with Crippen LogP contribution in [0.1, 0.15) is 11.5 Å². The molecule has 1 aromatic carbocycles. The molecule has 2 heterocycles. The number of hydrogen-bond acceptors (Lipinski definition) is 3. The van der Waals surface area contributed by atoms with Crippen LogP contribution in [0.3, 0.4) is 0 Å². The smallest absolute Gasteiger partial charge is 0.244 e. The summed E-state index contributed by atoms with van der Waals surface area (Å²) in [6, 6.07) is 13.3. The number of para-hydroxylation sites is 2. The van der Waals surface area contributed by atoms with Gasteiger partial charge in [0, 0.05) is 12.3 Å². The van der Waals surface area contributed by atoms with Crippen LogP contribution >= 0.6 is 0 Å². The van der Waals surface area contributed by atoms with Gasteiger partial charge in [-0.2, -0.15) is 0 Å². The van der Waals surface area contributed by atoms with E-state index < -0.39 is 0 Å². The van der Waals surface area contributed by atoms with Crippen molar-refractivity contribution in [3.05, 3.63) is 66.3 Å². The van der Waals surface area contributed by atoms with Crippen molar-refractivity contribution in [2.24, 2.45) is 0 Å². The van der Waals surface area contributed by atoms with Crippen molar-refractivity contribution in [1.82, 2.24) is 20.3 Å². The highest BCUT2D eigenvalue weighted by Gasteiger charge is 2.02. The lowest BCUT2D eigenvalue weighted by molar-refractivity contribution is -0.116. The number of hydrogen-bond donors (Lipinski definition) is 2. The van der Waals surface area contributed by atoms with Crippen LogP contribution in [-0.2, 0) is 11.3 Å². The molecule has 0 spiro atoms. The zero-order chi connectivity index (χ0) is 14.5. The van der Waals surface area contributed by atoms with E-state index >= 15 is 0 Å². The second-order valence-electron chi connectivity index (χ2n) is 4.51. The summed E-state index contributed by atoms with van der Waals surface area (Å²) in [5.74, 6) is 0.553. The van der Waals surface area contributed by atoms with E-state index in [-0.39, 0.29) is 5.91 Å². The third-order valence-electron chi connectivity index (χ3n) is 2.96. The number of carbonyl (C=O) groups excluding carboxylic acids is 1. The maximum absolute atomic E-state index is 11.7. The molecule has 0 aliphatic rings. The van der Waals surface area contributed by atoms with Gasteiger partial charge in [0.25, 0.3) is 0 Å². The molecule has 0 aliphatic heterocycles. The molecule has 0 saturated carbocycles. The van der Waals surface area contributed by atoms with Crippen molar-refractivity contribution in [1.29, 1.82) is 0 Å². The van der Waals surface area contributed by atoms with Crippen LogP contribution < -0.4 is 5.32 Å². The molecule has 0 saturated heterocycles. The molecule has 0 fully saturated rings. The van der Waals surface area contributed by atoms with Crippen LogP contribution in [0.4, 0.5) is 0 Å². The Kier molecular flexibility index (Phi) is 3.73. The third kappa shape index (κ3) is 3.33. The molecular formula is C16H14N4O. The molecule has 3 aromatic rings. The molecule has 0 unspecified atom stereocenters. The van der Waals surface area contributed by atoms with Gasteiger partial charge in [0.2, 0.25) is 5.91 Å². The van der Waals surface area contributed by atoms with Gasteiger partial charge in [0.1, 0.15) is 5.82 Å². The quantitative estimate of drug-likeness (QED) is 0.719. The lowest BCUT2D eigenvalue weighted by atomic mass is 10.3. The largest absolute Gasteiger partial charge is 0.345 e. The maximum Gasteiger partial charge on any atom is 0.244 e. The average molecular weight is 278 g/mol. The molecule has 2 N–H and O–H groups in total. The van der Waals surface area contributed by atoms with Gasteiger partial charge >= 0.3 is 0 Å². The van der Waals surface area contributed by atoms with Crippen molar-refractivity contribution < 1.29 is 4.79 Å². The van der Waals surface area contributed by atoms with E-state index in [1.54, 1.807) is 12.3 Å². The Balaban J connectivity index is 1.59. The van der Waals surface area contributed by atoms with Crippen LogP contribution in [0, 0.1) is 0 Å². The zero-order valence-corrected chi connectivity index (χ0v) is 11.3. The Morgan fingerprint density at radius 2 is 2.05 bits per heavy atom. The molecule has 1 amide bonds. The number of rotatable bonds is 4. The molecule has 0 bridgehead atoms. The van der Waals surface area contributed by atoms with Crippen LogP contribution in [0.25, 0.3) is 17.1 Å². The van der Waals surface area contributed by atoms with Crippen molar-refractivity contribution in [2.45, 2.75) is 6.54 Å². The second kappa shape index (κ2) is 6.00. The summed E-state index contributed by atoms with van der Waals surface area (Å²) >= 11 is 0. The molecule has 0 atom stereocenters. The Bertz CT molecular complexity index is 744. The summed E-state index contributed by atoms with van der Waals surface area (Å²) < 4.78 is 0. The van der Waals surface area contributed by atoms with Crippen molar-refractivity contribution in [2.75, 3.05) is 0 Å². The average Bonchev–Trinajstić information content (AvgIpc) is 2.95. The zero-order valence-electron chi connectivity index (χ0n) is 11.3. The van der Waals surface area contributed by atoms with E-state index in [1.807, 2.05) is 42.5 Å². The number of carbonyl (C=O) groups is 1. The number of aromatic amines is 1. The minimum Gasteiger partial charge on any atom is -0.345 e. The molecule has 0 radical (unpaired) electrons. The van der Waals surface area contributed by atoms with Crippen LogP contribution in [0.2, 0.25) is 0 Å². The SMILES string of the molecule is O=C(C=Cc1ccccn1)NCc1nc2ccccc2[nH]1. The predicted molar refractivity (Wildman–Crippen MR) is 81.2 cm³/mol. The Labute approximate surface area is 121 Å². The standard InChI is InChI=1S/C16H14N4O/c21-16(9-8-12-5-3-4-10-17-12)18-11-15-19-13-6-1-2-7-14(13)20-15/h1-10H,11H2,(H,18,21)(H,19,20). The molecule has 104 valence electrons. The lowest BCUT2D eigenvalue weighted by Crippen LogP contribution is -2.20. The van der Waals surface area contributed by atoms with Gasteiger partial charge in [-0.25, -0.2) is 4.98 Å². The van der Waals surface area contributed by atoms with E-state index in [2.05, 4.69) is 20.3 Å². The highest BCUT2D eigenvalue weighted by molar-refractivity contribution is 5.91. The van der Waals surface area contributed by atoms with Gasteiger partial charge < -0.3 is 10.3 Å². The van der Waals surface area contributed by atoms with E-state index in [0.717, 1.165) is 22.6 Å². The van der Waals surface area contributed by atoms with E-state index in [1.165, 1.54) is 6.08 Å². The summed E-state index contributed by atoms with van der Waals surface area (Å²) in [6.45, 7) is 0.361. The maximum atomic E-state index is 11.7.